The number of rotatable bonds is 10. The third kappa shape index (κ3) is 9.80. The SMILES string of the molecule is COC(=O)NC(C(=O)N1CC(C)CC1c1nc(C#Cc2ccc(C#Cc3nc(C4CC(C)CN4C(=O)C(NC(O)OC)C(C)C)[nH]c3C)cc2)c(C)[nH]1)C(C)C. The molecule has 56 heavy (non-hydrogen) atoms. The van der Waals surface area contributed by atoms with Crippen molar-refractivity contribution in [3.05, 3.63) is 69.8 Å². The highest BCUT2D eigenvalue weighted by Gasteiger charge is 2.41. The lowest BCUT2D eigenvalue weighted by Crippen LogP contribution is -2.53. The molecule has 2 saturated heterocycles. The number of aliphatic hydroxyl groups is 1. The lowest BCUT2D eigenvalue weighted by Gasteiger charge is -2.31. The van der Waals surface area contributed by atoms with Crippen molar-refractivity contribution in [3.63, 3.8) is 0 Å². The van der Waals surface area contributed by atoms with Gasteiger partial charge >= 0.3 is 6.09 Å². The number of hydrogen-bond donors (Lipinski definition) is 5. The molecule has 14 nitrogen and oxygen atoms in total. The van der Waals surface area contributed by atoms with Gasteiger partial charge in [-0.2, -0.15) is 0 Å². The van der Waals surface area contributed by atoms with Crippen LogP contribution in [-0.2, 0) is 19.1 Å². The number of hydrogen-bond acceptors (Lipinski definition) is 9. The summed E-state index contributed by atoms with van der Waals surface area (Å²) in [7, 11) is 2.66. The molecule has 3 aromatic rings. The number of carbonyl (C=O) groups is 3. The molecule has 5 N–H and O–H groups in total. The van der Waals surface area contributed by atoms with Crippen molar-refractivity contribution in [1.82, 2.24) is 40.4 Å². The molecular weight excluding hydrogens is 713 g/mol. The number of aromatic amines is 2. The first-order valence-corrected chi connectivity index (χ1v) is 19.3. The standard InChI is InChI=1S/C42H56N8O6/c1-23(2)35(47-41(53)55-9)39(51)49-21-25(5)19-33(49)37-43-27(7)31(45-37)17-15-29-11-13-30(14-12-29)16-18-32-28(8)44-38(46-32)34-20-26(6)22-50(34)40(52)36(24(3)4)48-42(54)56-10/h11-14,23-26,33-36,41,47,53H,19-22H2,1-10H3,(H,43,45)(H,44,46)(H,48,54). The molecule has 5 rings (SSSR count). The molecule has 0 radical (unpaired) electrons. The Morgan fingerprint density at radius 3 is 1.59 bits per heavy atom. The van der Waals surface area contributed by atoms with Gasteiger partial charge in [-0.15, -0.1) is 0 Å². The monoisotopic (exact) mass is 768 g/mol. The molecule has 0 bridgehead atoms. The van der Waals surface area contributed by atoms with E-state index in [2.05, 4.69) is 58.1 Å². The van der Waals surface area contributed by atoms with Crippen LogP contribution in [0.3, 0.4) is 0 Å². The summed E-state index contributed by atoms with van der Waals surface area (Å²) >= 11 is 0. The van der Waals surface area contributed by atoms with Crippen LogP contribution >= 0.6 is 0 Å². The topological polar surface area (TPSA) is 178 Å². The van der Waals surface area contributed by atoms with Gasteiger partial charge in [-0.1, -0.05) is 53.4 Å². The molecule has 2 aromatic heterocycles. The van der Waals surface area contributed by atoms with Gasteiger partial charge in [0.25, 0.3) is 0 Å². The van der Waals surface area contributed by atoms with Crippen molar-refractivity contribution >= 4 is 17.9 Å². The summed E-state index contributed by atoms with van der Waals surface area (Å²) in [6.45, 7) is 16.9. The third-order valence-corrected chi connectivity index (χ3v) is 10.4. The number of nitrogens with zero attached hydrogens (tertiary/aromatic N) is 4. The number of carbonyl (C=O) groups excluding carboxylic acids is 3. The number of benzene rings is 1. The highest BCUT2D eigenvalue weighted by molar-refractivity contribution is 5.86. The number of ether oxygens (including phenoxy) is 2. The number of aromatic nitrogens is 4. The molecule has 14 heteroatoms. The predicted molar refractivity (Wildman–Crippen MR) is 210 cm³/mol. The molecule has 2 fully saturated rings. The van der Waals surface area contributed by atoms with Gasteiger partial charge < -0.3 is 39.7 Å². The molecule has 1 aromatic carbocycles. The van der Waals surface area contributed by atoms with Gasteiger partial charge in [0.1, 0.15) is 29.1 Å². The molecule has 0 saturated carbocycles. The van der Waals surface area contributed by atoms with E-state index in [-0.39, 0.29) is 47.6 Å². The zero-order valence-electron chi connectivity index (χ0n) is 34.1. The summed E-state index contributed by atoms with van der Waals surface area (Å²) in [5.41, 5.74) is 4.45. The minimum Gasteiger partial charge on any atom is -0.453 e. The predicted octanol–water partition coefficient (Wildman–Crippen LogP) is 4.29. The lowest BCUT2D eigenvalue weighted by atomic mass is 10.0. The van der Waals surface area contributed by atoms with Crippen molar-refractivity contribution in [3.8, 4) is 23.7 Å². The zero-order chi connectivity index (χ0) is 40.8. The fourth-order valence-electron chi connectivity index (χ4n) is 7.35. The number of aliphatic hydroxyl groups excluding tert-OH is 1. The summed E-state index contributed by atoms with van der Waals surface area (Å²) < 4.78 is 9.72. The molecule has 0 spiro atoms. The van der Waals surface area contributed by atoms with Crippen molar-refractivity contribution in [1.29, 1.82) is 0 Å². The quantitative estimate of drug-likeness (QED) is 0.149. The van der Waals surface area contributed by atoms with E-state index < -0.39 is 24.6 Å². The number of methoxy groups -OCH3 is 2. The minimum atomic E-state index is -1.24. The summed E-state index contributed by atoms with van der Waals surface area (Å²) in [6.07, 6.45) is -0.377. The van der Waals surface area contributed by atoms with Crippen LogP contribution in [0.15, 0.2) is 24.3 Å². The Labute approximate surface area is 329 Å². The summed E-state index contributed by atoms with van der Waals surface area (Å²) in [5, 5.41) is 15.6. The average Bonchev–Trinajstić information content (AvgIpc) is 3.95. The van der Waals surface area contributed by atoms with E-state index in [1.165, 1.54) is 14.2 Å². The number of aryl methyl sites for hydroxylation is 2. The van der Waals surface area contributed by atoms with Gasteiger partial charge in [0.2, 0.25) is 18.2 Å². The maximum atomic E-state index is 13.7. The Hall–Kier alpha value is -5.15. The Morgan fingerprint density at radius 1 is 0.768 bits per heavy atom. The maximum absolute atomic E-state index is 13.7. The lowest BCUT2D eigenvalue weighted by molar-refractivity contribution is -0.145. The van der Waals surface area contributed by atoms with Crippen LogP contribution in [0.2, 0.25) is 0 Å². The average molecular weight is 769 g/mol. The van der Waals surface area contributed by atoms with Crippen LogP contribution in [0.25, 0.3) is 0 Å². The van der Waals surface area contributed by atoms with Crippen LogP contribution in [-0.4, -0.2) is 98.6 Å². The molecule has 7 atom stereocenters. The smallest absolute Gasteiger partial charge is 0.407 e. The Kier molecular flexibility index (Phi) is 13.6. The summed E-state index contributed by atoms with van der Waals surface area (Å²) in [5.74, 6) is 14.2. The van der Waals surface area contributed by atoms with Gasteiger partial charge in [-0.3, -0.25) is 14.9 Å². The second-order valence-electron chi connectivity index (χ2n) is 15.8. The fraction of sp³-hybridized carbons (Fsp3) is 0.548. The number of H-pyrrole nitrogens is 2. The van der Waals surface area contributed by atoms with Gasteiger partial charge in [0.05, 0.1) is 25.2 Å². The molecule has 3 amide bonds. The van der Waals surface area contributed by atoms with Crippen molar-refractivity contribution in [2.24, 2.45) is 23.7 Å². The highest BCUT2D eigenvalue weighted by atomic mass is 16.6. The second kappa shape index (κ2) is 18.2. The van der Waals surface area contributed by atoms with E-state index in [0.29, 0.717) is 36.1 Å². The minimum absolute atomic E-state index is 0.0678. The number of alkyl carbamates (subject to hydrolysis) is 1. The number of nitrogens with one attached hydrogen (secondary N) is 4. The second-order valence-corrected chi connectivity index (χ2v) is 15.8. The number of imidazole rings is 2. The van der Waals surface area contributed by atoms with Crippen LogP contribution in [0.5, 0.6) is 0 Å². The molecule has 300 valence electrons. The highest BCUT2D eigenvalue weighted by Crippen LogP contribution is 2.36. The van der Waals surface area contributed by atoms with Crippen molar-refractivity contribution < 1.29 is 29.0 Å². The summed E-state index contributed by atoms with van der Waals surface area (Å²) in [6, 6.07) is 5.80. The number of amides is 3. The molecule has 2 aliphatic heterocycles. The molecule has 4 heterocycles. The van der Waals surface area contributed by atoms with Gasteiger partial charge in [-0.25, -0.2) is 14.8 Å². The van der Waals surface area contributed by atoms with Crippen LogP contribution < -0.4 is 10.6 Å². The maximum Gasteiger partial charge on any atom is 0.407 e. The van der Waals surface area contributed by atoms with Crippen LogP contribution in [0, 0.1) is 61.2 Å². The van der Waals surface area contributed by atoms with Crippen LogP contribution in [0.4, 0.5) is 4.79 Å². The number of likely N-dealkylation sites (tertiary alicyclic amines) is 2. The van der Waals surface area contributed by atoms with Crippen LogP contribution in [0.1, 0.15) is 112 Å². The van der Waals surface area contributed by atoms with Crippen molar-refractivity contribution in [2.75, 3.05) is 27.3 Å². The molecule has 0 aliphatic carbocycles. The van der Waals surface area contributed by atoms with Crippen molar-refractivity contribution in [2.45, 2.75) is 98.8 Å². The largest absolute Gasteiger partial charge is 0.453 e. The van der Waals surface area contributed by atoms with E-state index in [0.717, 1.165) is 35.4 Å². The first kappa shape index (κ1) is 42.0. The molecular formula is C42H56N8O6. The fourth-order valence-corrected chi connectivity index (χ4v) is 7.35. The first-order chi connectivity index (χ1) is 26.6. The molecule has 7 unspecified atom stereocenters. The van der Waals surface area contributed by atoms with Gasteiger partial charge in [0.15, 0.2) is 0 Å². The van der Waals surface area contributed by atoms with E-state index in [1.54, 1.807) is 4.90 Å². The molecule has 2 aliphatic rings. The van der Waals surface area contributed by atoms with Gasteiger partial charge in [-0.05, 0) is 86.5 Å². The Balaban J connectivity index is 1.27. The van der Waals surface area contributed by atoms with E-state index >= 15 is 0 Å². The normalized spacial score (nSPS) is 20.9. The third-order valence-electron chi connectivity index (χ3n) is 10.4. The van der Waals surface area contributed by atoms with Gasteiger partial charge in [0, 0.05) is 42.7 Å². The van der Waals surface area contributed by atoms with E-state index in [4.69, 9.17) is 19.4 Å². The first-order valence-electron chi connectivity index (χ1n) is 19.3. The van der Waals surface area contributed by atoms with E-state index in [1.807, 2.05) is 70.7 Å². The van der Waals surface area contributed by atoms with E-state index in [9.17, 15) is 19.5 Å². The summed E-state index contributed by atoms with van der Waals surface area (Å²) in [4.78, 5) is 59.4. The zero-order valence-corrected chi connectivity index (χ0v) is 34.1. The Bertz CT molecular complexity index is 2000. The Morgan fingerprint density at radius 2 is 1.20 bits per heavy atom.